The van der Waals surface area contributed by atoms with E-state index < -0.39 is 23.5 Å². The summed E-state index contributed by atoms with van der Waals surface area (Å²) in [6.07, 6.45) is -8.17. The van der Waals surface area contributed by atoms with Crippen molar-refractivity contribution in [3.63, 3.8) is 0 Å². The highest BCUT2D eigenvalue weighted by molar-refractivity contribution is 7.98. The third kappa shape index (κ3) is 3.08. The van der Waals surface area contributed by atoms with E-state index in [1.807, 2.05) is 0 Å². The molecule has 0 fully saturated rings. The van der Waals surface area contributed by atoms with Crippen molar-refractivity contribution in [1.82, 2.24) is 0 Å². The average Bonchev–Trinajstić information content (AvgIpc) is 2.13. The first kappa shape index (κ1) is 14.2. The van der Waals surface area contributed by atoms with Crippen molar-refractivity contribution < 1.29 is 26.3 Å². The molecule has 0 amide bonds. The molecule has 0 saturated carbocycles. The molecule has 0 heterocycles. The molecular formula is C10H8F6S. The van der Waals surface area contributed by atoms with Gasteiger partial charge in [-0.15, -0.1) is 11.8 Å². The third-order valence-electron chi connectivity index (χ3n) is 2.11. The molecule has 0 aliphatic carbocycles. The minimum absolute atomic E-state index is 0.0281. The maximum atomic E-state index is 12.6. The fraction of sp³-hybridized carbons (Fsp3) is 0.400. The first-order valence-corrected chi connectivity index (χ1v) is 5.63. The van der Waals surface area contributed by atoms with E-state index in [0.29, 0.717) is 0 Å². The number of hydrogen-bond donors (Lipinski definition) is 0. The Balaban J connectivity index is 3.51. The number of rotatable bonds is 1. The lowest BCUT2D eigenvalue weighted by atomic mass is 10.1. The number of hydrogen-bond acceptors (Lipinski definition) is 1. The number of thioether (sulfide) groups is 1. The van der Waals surface area contributed by atoms with E-state index in [1.165, 1.54) is 13.2 Å². The highest BCUT2D eigenvalue weighted by Gasteiger charge is 2.38. The quantitative estimate of drug-likeness (QED) is 0.526. The summed E-state index contributed by atoms with van der Waals surface area (Å²) in [6.45, 7) is 1.23. The van der Waals surface area contributed by atoms with Gasteiger partial charge < -0.3 is 0 Å². The first-order valence-electron chi connectivity index (χ1n) is 4.40. The zero-order valence-corrected chi connectivity index (χ0v) is 9.65. The molecular weight excluding hydrogens is 266 g/mol. The van der Waals surface area contributed by atoms with Crippen molar-refractivity contribution in [3.8, 4) is 0 Å². The molecule has 0 atom stereocenters. The minimum atomic E-state index is -4.79. The normalized spacial score (nSPS) is 12.9. The molecule has 1 aromatic rings. The summed E-state index contributed by atoms with van der Waals surface area (Å²) in [5, 5.41) is 0. The molecule has 0 spiro atoms. The van der Waals surface area contributed by atoms with Crippen molar-refractivity contribution in [2.24, 2.45) is 0 Å². The summed E-state index contributed by atoms with van der Waals surface area (Å²) >= 11 is 0.781. The van der Waals surface area contributed by atoms with Crippen molar-refractivity contribution in [2.75, 3.05) is 6.26 Å². The largest absolute Gasteiger partial charge is 0.417 e. The summed E-state index contributed by atoms with van der Waals surface area (Å²) in [5.74, 6) is 0. The first-order chi connectivity index (χ1) is 7.57. The van der Waals surface area contributed by atoms with Gasteiger partial charge in [0.05, 0.1) is 11.1 Å². The Hall–Kier alpha value is -0.850. The summed E-state index contributed by atoms with van der Waals surface area (Å²) in [6, 6.07) is 0.875. The number of alkyl halides is 6. The van der Waals surface area contributed by atoms with Crippen LogP contribution in [0.2, 0.25) is 0 Å². The Kier molecular flexibility index (Phi) is 3.71. The Morgan fingerprint density at radius 3 is 1.82 bits per heavy atom. The standard InChI is InChI=1S/C10H8F6S/c1-5-3-6(9(11,12)13)4-7(8(5)17-2)10(14,15)16/h3-4H,1-2H3. The molecule has 96 valence electrons. The molecule has 0 radical (unpaired) electrons. The van der Waals surface area contributed by atoms with Crippen LogP contribution in [0.1, 0.15) is 16.7 Å². The van der Waals surface area contributed by atoms with Gasteiger partial charge in [0.1, 0.15) is 0 Å². The van der Waals surface area contributed by atoms with E-state index in [9.17, 15) is 26.3 Å². The van der Waals surface area contributed by atoms with Crippen LogP contribution in [0.25, 0.3) is 0 Å². The molecule has 0 aromatic heterocycles. The van der Waals surface area contributed by atoms with Crippen LogP contribution >= 0.6 is 11.8 Å². The second kappa shape index (κ2) is 4.44. The predicted octanol–water partition coefficient (Wildman–Crippen LogP) is 4.75. The fourth-order valence-corrected chi connectivity index (χ4v) is 2.19. The van der Waals surface area contributed by atoms with Crippen LogP contribution in [0.15, 0.2) is 17.0 Å². The smallest absolute Gasteiger partial charge is 0.166 e. The van der Waals surface area contributed by atoms with Crippen LogP contribution in [0.4, 0.5) is 26.3 Å². The summed E-state index contributed by atoms with van der Waals surface area (Å²) in [4.78, 5) is -0.175. The topological polar surface area (TPSA) is 0 Å². The number of aryl methyl sites for hydroxylation is 1. The van der Waals surface area contributed by atoms with E-state index in [-0.39, 0.29) is 16.5 Å². The average molecular weight is 274 g/mol. The number of benzene rings is 1. The van der Waals surface area contributed by atoms with Gasteiger partial charge in [0.2, 0.25) is 0 Å². The molecule has 7 heteroatoms. The van der Waals surface area contributed by atoms with E-state index in [0.717, 1.165) is 17.8 Å². The predicted molar refractivity (Wildman–Crippen MR) is 53.0 cm³/mol. The van der Waals surface area contributed by atoms with Gasteiger partial charge in [0.25, 0.3) is 0 Å². The molecule has 17 heavy (non-hydrogen) atoms. The highest BCUT2D eigenvalue weighted by atomic mass is 32.2. The molecule has 0 aliphatic rings. The summed E-state index contributed by atoms with van der Waals surface area (Å²) in [7, 11) is 0. The van der Waals surface area contributed by atoms with Gasteiger partial charge in [-0.25, -0.2) is 0 Å². The van der Waals surface area contributed by atoms with Crippen molar-refractivity contribution in [1.29, 1.82) is 0 Å². The zero-order chi connectivity index (χ0) is 13.4. The maximum absolute atomic E-state index is 12.6. The van der Waals surface area contributed by atoms with Gasteiger partial charge in [-0.05, 0) is 30.9 Å². The number of halogens is 6. The van der Waals surface area contributed by atoms with Crippen molar-refractivity contribution in [3.05, 3.63) is 28.8 Å². The molecule has 0 nitrogen and oxygen atoms in total. The van der Waals surface area contributed by atoms with Gasteiger partial charge in [-0.2, -0.15) is 26.3 Å². The minimum Gasteiger partial charge on any atom is -0.166 e. The van der Waals surface area contributed by atoms with Gasteiger partial charge in [0.15, 0.2) is 0 Å². The van der Waals surface area contributed by atoms with E-state index >= 15 is 0 Å². The van der Waals surface area contributed by atoms with Crippen LogP contribution in [-0.2, 0) is 12.4 Å². The van der Waals surface area contributed by atoms with Crippen LogP contribution in [0, 0.1) is 6.92 Å². The molecule has 0 unspecified atom stereocenters. The van der Waals surface area contributed by atoms with Crippen molar-refractivity contribution in [2.45, 2.75) is 24.2 Å². The lowest BCUT2D eigenvalue weighted by molar-refractivity contribution is -0.144. The lowest BCUT2D eigenvalue weighted by Gasteiger charge is -2.17. The molecule has 1 rings (SSSR count). The summed E-state index contributed by atoms with van der Waals surface area (Å²) in [5.41, 5.74) is -2.54. The van der Waals surface area contributed by atoms with Gasteiger partial charge in [-0.3, -0.25) is 0 Å². The molecule has 0 aliphatic heterocycles. The highest BCUT2D eigenvalue weighted by Crippen LogP contribution is 2.41. The van der Waals surface area contributed by atoms with Gasteiger partial charge >= 0.3 is 12.4 Å². The second-order valence-electron chi connectivity index (χ2n) is 3.37. The van der Waals surface area contributed by atoms with Gasteiger partial charge in [0, 0.05) is 4.90 Å². The molecule has 0 N–H and O–H groups in total. The van der Waals surface area contributed by atoms with Crippen LogP contribution in [0.5, 0.6) is 0 Å². The zero-order valence-electron chi connectivity index (χ0n) is 8.83. The maximum Gasteiger partial charge on any atom is 0.417 e. The molecule has 1 aromatic carbocycles. The van der Waals surface area contributed by atoms with E-state index in [1.54, 1.807) is 0 Å². The van der Waals surface area contributed by atoms with Crippen LogP contribution in [0.3, 0.4) is 0 Å². The molecule has 0 saturated heterocycles. The van der Waals surface area contributed by atoms with Crippen LogP contribution < -0.4 is 0 Å². The Morgan fingerprint density at radius 2 is 1.47 bits per heavy atom. The van der Waals surface area contributed by atoms with E-state index in [4.69, 9.17) is 0 Å². The van der Waals surface area contributed by atoms with Crippen molar-refractivity contribution >= 4 is 11.8 Å². The SMILES string of the molecule is CSc1c(C)cc(C(F)(F)F)cc1C(F)(F)F. The van der Waals surface area contributed by atoms with Crippen LogP contribution in [-0.4, -0.2) is 6.26 Å². The van der Waals surface area contributed by atoms with Gasteiger partial charge in [-0.1, -0.05) is 0 Å². The monoisotopic (exact) mass is 274 g/mol. The molecule has 0 bridgehead atoms. The third-order valence-corrected chi connectivity index (χ3v) is 3.06. The van der Waals surface area contributed by atoms with E-state index in [2.05, 4.69) is 0 Å². The Labute approximate surface area is 98.0 Å². The fourth-order valence-electron chi connectivity index (χ4n) is 1.42. The summed E-state index contributed by atoms with van der Waals surface area (Å²) < 4.78 is 75.0. The second-order valence-corrected chi connectivity index (χ2v) is 4.19. The Bertz CT molecular complexity index is 418. The Morgan fingerprint density at radius 1 is 0.941 bits per heavy atom. The lowest BCUT2D eigenvalue weighted by Crippen LogP contribution is -2.13.